The van der Waals surface area contributed by atoms with Crippen molar-refractivity contribution < 1.29 is 18.3 Å². The molecule has 5 aromatic rings. The van der Waals surface area contributed by atoms with Crippen LogP contribution in [0.4, 0.5) is 14.7 Å². The number of nitrogens with zero attached hydrogens (tertiary/aromatic N) is 5. The summed E-state index contributed by atoms with van der Waals surface area (Å²) in [6.45, 7) is 2.21. The zero-order chi connectivity index (χ0) is 27.0. The largest absolute Gasteiger partial charge is 0.493 e. The molecule has 0 amide bonds. The smallest absolute Gasteiger partial charge is 0.283 e. The molecular weight excluding hydrogens is 509 g/mol. The number of fused-ring (bicyclic) bond motifs is 1. The minimum Gasteiger partial charge on any atom is -0.493 e. The molecule has 0 spiro atoms. The Morgan fingerprint density at radius 3 is 2.47 bits per heavy atom. The third-order valence-corrected chi connectivity index (χ3v) is 6.72. The Labute approximate surface area is 220 Å². The lowest BCUT2D eigenvalue weighted by Crippen LogP contribution is -2.11. The first kappa shape index (κ1) is 25.6. The lowest BCUT2D eigenvalue weighted by molar-refractivity contribution is 0.104. The fraction of sp³-hybridized carbons (Fsp3) is 0.222. The average molecular weight is 537 g/mol. The summed E-state index contributed by atoms with van der Waals surface area (Å²) in [5.41, 5.74) is 8.18. The third-order valence-electron chi connectivity index (χ3n) is 6.39. The van der Waals surface area contributed by atoms with E-state index in [0.29, 0.717) is 28.6 Å². The van der Waals surface area contributed by atoms with Gasteiger partial charge in [-0.2, -0.15) is 13.9 Å². The molecule has 0 fully saturated rings. The van der Waals surface area contributed by atoms with Crippen molar-refractivity contribution in [1.82, 2.24) is 24.3 Å². The van der Waals surface area contributed by atoms with Gasteiger partial charge in [-0.3, -0.25) is 9.25 Å². The quantitative estimate of drug-likeness (QED) is 0.262. The monoisotopic (exact) mass is 536 g/mol. The van der Waals surface area contributed by atoms with E-state index < -0.39 is 5.66 Å². The topological polar surface area (TPSA) is 93.0 Å². The number of rotatable bonds is 8. The Morgan fingerprint density at radius 1 is 1.05 bits per heavy atom. The highest BCUT2D eigenvalue weighted by molar-refractivity contribution is 7.17. The summed E-state index contributed by atoms with van der Waals surface area (Å²) in [5.74, 6) is 1.42. The molecule has 2 atom stereocenters. The highest BCUT2D eigenvalue weighted by atomic mass is 31.0. The van der Waals surface area contributed by atoms with Crippen LogP contribution in [0.5, 0.6) is 11.5 Å². The molecule has 38 heavy (non-hydrogen) atoms. The first-order valence-corrected chi connectivity index (χ1v) is 12.4. The van der Waals surface area contributed by atoms with Gasteiger partial charge in [-0.05, 0) is 36.2 Å². The molecule has 0 saturated carbocycles. The van der Waals surface area contributed by atoms with Crippen LogP contribution in [0.1, 0.15) is 29.7 Å². The van der Waals surface area contributed by atoms with Crippen molar-refractivity contribution in [3.05, 3.63) is 83.8 Å². The Bertz CT molecular complexity index is 1590. The molecule has 0 aliphatic heterocycles. The van der Waals surface area contributed by atoms with Crippen molar-refractivity contribution in [2.45, 2.75) is 25.2 Å². The molecule has 2 N–H and O–H groups in total. The summed E-state index contributed by atoms with van der Waals surface area (Å²) in [7, 11) is 4.97. The second kappa shape index (κ2) is 10.0. The van der Waals surface area contributed by atoms with Gasteiger partial charge in [0.2, 0.25) is 5.95 Å². The molecule has 0 saturated heterocycles. The van der Waals surface area contributed by atoms with E-state index in [1.807, 2.05) is 49.0 Å². The van der Waals surface area contributed by atoms with E-state index in [1.54, 1.807) is 36.3 Å². The van der Waals surface area contributed by atoms with Gasteiger partial charge in [-0.25, -0.2) is 9.97 Å². The maximum absolute atomic E-state index is 13.4. The standard InChI is InChI=1S/C27H27F2N6O2P/c1-16(35-25-22(33-26(35)30)10-19(12-31-25)20-13-32-34(2)14-20)18-6-9-23(24(11-18)36-3)37-15-17-4-7-21(8-5-17)27(28,29)38/h4-14,16H,15,38H2,1-3H3,(H2,30,33). The first-order valence-electron chi connectivity index (χ1n) is 11.8. The first-order chi connectivity index (χ1) is 18.1. The van der Waals surface area contributed by atoms with E-state index in [2.05, 4.69) is 15.1 Å². The van der Waals surface area contributed by atoms with E-state index in [9.17, 15) is 8.78 Å². The number of hydrogen-bond donors (Lipinski definition) is 1. The molecule has 0 radical (unpaired) electrons. The minimum absolute atomic E-state index is 0.0729. The van der Waals surface area contributed by atoms with Crippen LogP contribution in [0.3, 0.4) is 0 Å². The molecule has 2 aromatic carbocycles. The molecule has 3 heterocycles. The van der Waals surface area contributed by atoms with E-state index in [-0.39, 0.29) is 18.2 Å². The van der Waals surface area contributed by atoms with Gasteiger partial charge in [-0.15, -0.1) is 0 Å². The van der Waals surface area contributed by atoms with Gasteiger partial charge in [0.1, 0.15) is 12.1 Å². The second-order valence-corrected chi connectivity index (χ2v) is 9.73. The number of hydrogen-bond acceptors (Lipinski definition) is 6. The van der Waals surface area contributed by atoms with Crippen molar-refractivity contribution in [1.29, 1.82) is 0 Å². The zero-order valence-corrected chi connectivity index (χ0v) is 22.3. The highest BCUT2D eigenvalue weighted by Gasteiger charge is 2.24. The maximum atomic E-state index is 13.4. The molecular formula is C27H27F2N6O2P. The van der Waals surface area contributed by atoms with Crippen molar-refractivity contribution in [3.63, 3.8) is 0 Å². The number of aryl methyl sites for hydroxylation is 1. The molecule has 2 unspecified atom stereocenters. The van der Waals surface area contributed by atoms with Crippen LogP contribution in [-0.4, -0.2) is 31.4 Å². The number of nitrogen functional groups attached to an aromatic ring is 1. The zero-order valence-electron chi connectivity index (χ0n) is 21.1. The highest BCUT2D eigenvalue weighted by Crippen LogP contribution is 2.36. The van der Waals surface area contributed by atoms with Gasteiger partial charge in [0.25, 0.3) is 5.66 Å². The minimum atomic E-state index is -2.96. The Hall–Kier alpha value is -4.04. The van der Waals surface area contributed by atoms with Crippen molar-refractivity contribution >= 4 is 26.4 Å². The van der Waals surface area contributed by atoms with Crippen LogP contribution in [0.15, 0.2) is 67.1 Å². The second-order valence-electron chi connectivity index (χ2n) is 9.00. The van der Waals surface area contributed by atoms with Crippen LogP contribution < -0.4 is 15.2 Å². The van der Waals surface area contributed by atoms with Gasteiger partial charge in [0.15, 0.2) is 17.1 Å². The summed E-state index contributed by atoms with van der Waals surface area (Å²) < 4.78 is 42.0. The van der Waals surface area contributed by atoms with E-state index in [1.165, 1.54) is 21.4 Å². The lowest BCUT2D eigenvalue weighted by Gasteiger charge is -2.18. The van der Waals surface area contributed by atoms with Gasteiger partial charge in [-0.1, -0.05) is 39.6 Å². The molecule has 8 nitrogen and oxygen atoms in total. The van der Waals surface area contributed by atoms with Gasteiger partial charge in [0.05, 0.1) is 19.3 Å². The van der Waals surface area contributed by atoms with Crippen LogP contribution in [-0.2, 0) is 19.3 Å². The summed E-state index contributed by atoms with van der Waals surface area (Å²) in [6.07, 6.45) is 5.48. The number of methoxy groups -OCH3 is 1. The lowest BCUT2D eigenvalue weighted by atomic mass is 10.1. The number of halogens is 2. The number of nitrogens with two attached hydrogens (primary N) is 1. The Balaban J connectivity index is 1.37. The van der Waals surface area contributed by atoms with E-state index in [4.69, 9.17) is 15.2 Å². The summed E-state index contributed by atoms with van der Waals surface area (Å²) in [6, 6.07) is 13.4. The molecule has 0 bridgehead atoms. The number of alkyl halides is 2. The number of ether oxygens (including phenoxy) is 2. The molecule has 0 aliphatic carbocycles. The normalized spacial score (nSPS) is 12.6. The molecule has 3 aromatic heterocycles. The SMILES string of the molecule is COc1cc(C(C)n2c(N)nc3cc(-c4cnn(C)c4)cnc32)ccc1OCc1ccc(C(F)(F)P)cc1. The molecule has 5 rings (SSSR count). The van der Waals surface area contributed by atoms with Crippen LogP contribution in [0, 0.1) is 0 Å². The number of pyridine rings is 1. The number of aromatic nitrogens is 5. The van der Waals surface area contributed by atoms with E-state index in [0.717, 1.165) is 22.3 Å². The van der Waals surface area contributed by atoms with Gasteiger partial charge < -0.3 is 15.2 Å². The van der Waals surface area contributed by atoms with Crippen LogP contribution >= 0.6 is 9.24 Å². The maximum Gasteiger partial charge on any atom is 0.283 e. The molecule has 11 heteroatoms. The van der Waals surface area contributed by atoms with Gasteiger partial charge in [0, 0.05) is 36.1 Å². The Morgan fingerprint density at radius 2 is 1.82 bits per heavy atom. The number of anilines is 1. The van der Waals surface area contributed by atoms with Gasteiger partial charge >= 0.3 is 0 Å². The third kappa shape index (κ3) is 5.04. The Kier molecular flexibility index (Phi) is 6.75. The molecule has 0 aliphatic rings. The van der Waals surface area contributed by atoms with Crippen LogP contribution in [0.2, 0.25) is 0 Å². The summed E-state index contributed by atoms with van der Waals surface area (Å²) in [5, 5.41) is 4.22. The molecule has 196 valence electrons. The summed E-state index contributed by atoms with van der Waals surface area (Å²) >= 11 is 0. The average Bonchev–Trinajstić information content (AvgIpc) is 3.48. The van der Waals surface area contributed by atoms with Crippen molar-refractivity contribution in [3.8, 4) is 22.6 Å². The van der Waals surface area contributed by atoms with Crippen molar-refractivity contribution in [2.75, 3.05) is 12.8 Å². The number of imidazole rings is 1. The van der Waals surface area contributed by atoms with Crippen molar-refractivity contribution in [2.24, 2.45) is 7.05 Å². The predicted molar refractivity (Wildman–Crippen MR) is 145 cm³/mol. The number of benzene rings is 2. The predicted octanol–water partition coefficient (Wildman–Crippen LogP) is 5.54. The van der Waals surface area contributed by atoms with E-state index >= 15 is 0 Å². The fourth-order valence-corrected chi connectivity index (χ4v) is 4.50. The fourth-order valence-electron chi connectivity index (χ4n) is 4.31. The summed E-state index contributed by atoms with van der Waals surface area (Å²) in [4.78, 5) is 9.20. The van der Waals surface area contributed by atoms with Crippen LogP contribution in [0.25, 0.3) is 22.3 Å².